The van der Waals surface area contributed by atoms with Gasteiger partial charge >= 0.3 is 18.2 Å². The number of H-pyrrole nitrogens is 1. The number of piperazine rings is 1. The molecule has 4 aromatic carbocycles. The average Bonchev–Trinajstić information content (AvgIpc) is 1.64. The van der Waals surface area contributed by atoms with E-state index in [1.165, 1.54) is 12.2 Å². The number of ether oxygens (including phenoxy) is 4. The summed E-state index contributed by atoms with van der Waals surface area (Å²) < 4.78 is 23.6. The molecule has 0 spiro atoms. The average molecular weight is 1340 g/mol. The zero-order valence-electron chi connectivity index (χ0n) is 56.3. The number of nitrogens with zero attached hydrogens (tertiary/aromatic N) is 4. The number of aromatic nitrogens is 1. The molecule has 3 aliphatic rings. The minimum Gasteiger partial charge on any atom is -0.492 e. The summed E-state index contributed by atoms with van der Waals surface area (Å²) in [5, 5.41) is 22.2. The number of likely N-dealkylation sites (N-methyl/N-ethyl adjacent to an activating group) is 1. The summed E-state index contributed by atoms with van der Waals surface area (Å²) in [6.07, 6.45) is 3.00. The number of amides is 11. The van der Waals surface area contributed by atoms with Crippen LogP contribution in [0.3, 0.4) is 0 Å². The third-order valence-electron chi connectivity index (χ3n) is 17.1. The largest absolute Gasteiger partial charge is 0.492 e. The molecule has 3 aliphatic heterocycles. The summed E-state index contributed by atoms with van der Waals surface area (Å²) in [4.78, 5) is 138. The highest BCUT2D eigenvalue weighted by atomic mass is 16.6. The van der Waals surface area contributed by atoms with E-state index in [0.717, 1.165) is 39.7 Å². The zero-order valence-corrected chi connectivity index (χ0v) is 56.3. The molecule has 28 heteroatoms. The van der Waals surface area contributed by atoms with E-state index in [1.807, 2.05) is 72.9 Å². The molecule has 97 heavy (non-hydrogen) atoms. The van der Waals surface area contributed by atoms with Crippen LogP contribution >= 0.6 is 0 Å². The van der Waals surface area contributed by atoms with Crippen molar-refractivity contribution in [2.75, 3.05) is 95.9 Å². The quantitative estimate of drug-likeness (QED) is 0.0143. The maximum atomic E-state index is 14.4. The Morgan fingerprint density at radius 1 is 0.773 bits per heavy atom. The number of fused-ring (bicyclic) bond motifs is 4. The van der Waals surface area contributed by atoms with Crippen molar-refractivity contribution < 1.29 is 66.9 Å². The molecule has 0 aliphatic carbocycles. The Hall–Kier alpha value is -9.54. The first-order valence-electron chi connectivity index (χ1n) is 32.9. The van der Waals surface area contributed by atoms with E-state index in [0.29, 0.717) is 91.5 Å². The van der Waals surface area contributed by atoms with Gasteiger partial charge in [0, 0.05) is 124 Å². The van der Waals surface area contributed by atoms with Crippen LogP contribution in [0.2, 0.25) is 6.32 Å². The molecule has 1 aromatic heterocycles. The smallest absolute Gasteiger partial charge is 0.415 e. The Kier molecular flexibility index (Phi) is 25.6. The third kappa shape index (κ3) is 21.0. The molecule has 2 radical (unpaired) electrons. The third-order valence-corrected chi connectivity index (χ3v) is 17.1. The second kappa shape index (κ2) is 33.9. The molecule has 1 fully saturated rings. The van der Waals surface area contributed by atoms with Crippen LogP contribution < -0.4 is 57.3 Å². The highest BCUT2D eigenvalue weighted by molar-refractivity contribution is 6.14. The van der Waals surface area contributed by atoms with Crippen LogP contribution in [0.1, 0.15) is 108 Å². The van der Waals surface area contributed by atoms with Gasteiger partial charge in [0.15, 0.2) is 0 Å². The lowest BCUT2D eigenvalue weighted by Gasteiger charge is -2.31. The first-order valence-corrected chi connectivity index (χ1v) is 32.9. The number of primary amides is 1. The molecule has 0 bridgehead atoms. The maximum Gasteiger partial charge on any atom is 0.415 e. The molecule has 0 saturated carbocycles. The molecule has 4 heterocycles. The first kappa shape index (κ1) is 73.3. The lowest BCUT2D eigenvalue weighted by Crippen LogP contribution is -2.54. The predicted octanol–water partition coefficient (Wildman–Crippen LogP) is 5.48. The van der Waals surface area contributed by atoms with Crippen LogP contribution in [-0.4, -0.2) is 196 Å². The van der Waals surface area contributed by atoms with Gasteiger partial charge in [0.1, 0.15) is 36.4 Å². The van der Waals surface area contributed by atoms with E-state index < -0.39 is 65.1 Å². The van der Waals surface area contributed by atoms with Crippen molar-refractivity contribution in [2.24, 2.45) is 11.7 Å². The van der Waals surface area contributed by atoms with E-state index >= 15 is 0 Å². The summed E-state index contributed by atoms with van der Waals surface area (Å²) in [6, 6.07) is 20.7. The Balaban J connectivity index is 0.743. The van der Waals surface area contributed by atoms with Gasteiger partial charge in [-0.1, -0.05) is 56.6 Å². The van der Waals surface area contributed by atoms with E-state index in [4.69, 9.17) is 32.5 Å². The highest BCUT2D eigenvalue weighted by Crippen LogP contribution is 2.47. The number of benzene rings is 4. The minimum atomic E-state index is -1.02. The molecule has 518 valence electrons. The molecular weight excluding hydrogens is 1250 g/mol. The normalized spacial score (nSPS) is 15.5. The van der Waals surface area contributed by atoms with Crippen LogP contribution in [0.4, 0.5) is 25.8 Å². The van der Waals surface area contributed by atoms with Gasteiger partial charge in [0.25, 0.3) is 17.7 Å². The summed E-state index contributed by atoms with van der Waals surface area (Å²) in [7, 11) is 8.34. The number of nitrogens with two attached hydrogens (primary N) is 1. The molecule has 5 aromatic rings. The standard InChI is InChI=1S/C69H90BN13O14/c1-43(2)61(73-28-27-72-56(84)22-24-69(5,6)96-35-25-68(3,4)79-57(85)23-30-82-58(86)20-21-59(82)87)63(89)78-52(13-10-26-74-65(71)91)62(88)76-47-16-14-44(15-17-47)42-95-66(92)75-29-36-94-48-18-19-51-45(37-48)38-53(77-51)64(90)83-41-46(40-70)60-50-12-9-8-11-49(50)55(39-54(60)83)97-67(93)81-33-31-80(7)32-34-81/h8-9,11-12,14-21,37-39,43,46,52,61,73,77H,10,13,22-36,40-42H2,1-7H3,(H,72,84)(H,75,92)(H,76,88)(H,78,89)(H,79,85)(H3,71,74,91)/t46-,52?,61+/m1/s1. The number of rotatable bonds is 33. The number of carbonyl (C=O) groups is 10. The Morgan fingerprint density at radius 3 is 2.20 bits per heavy atom. The van der Waals surface area contributed by atoms with Crippen molar-refractivity contribution in [3.05, 3.63) is 108 Å². The van der Waals surface area contributed by atoms with Gasteiger partial charge in [0.2, 0.25) is 23.6 Å². The minimum absolute atomic E-state index is 0.0133. The van der Waals surface area contributed by atoms with Gasteiger partial charge in [-0.05, 0) is 125 Å². The van der Waals surface area contributed by atoms with Crippen LogP contribution in [0.15, 0.2) is 91.0 Å². The number of aromatic amines is 1. The molecular formula is C69H90BN13O14. The summed E-state index contributed by atoms with van der Waals surface area (Å²) >= 11 is 0. The zero-order chi connectivity index (χ0) is 70.0. The Bertz CT molecular complexity index is 3680. The van der Waals surface area contributed by atoms with Crippen molar-refractivity contribution >= 4 is 100 Å². The van der Waals surface area contributed by atoms with Crippen LogP contribution in [0.5, 0.6) is 11.5 Å². The molecule has 11 amide bonds. The van der Waals surface area contributed by atoms with Crippen LogP contribution in [0, 0.1) is 5.92 Å². The second-order valence-electron chi connectivity index (χ2n) is 26.1. The lowest BCUT2D eigenvalue weighted by molar-refractivity contribution is -0.137. The molecule has 27 nitrogen and oxygen atoms in total. The monoisotopic (exact) mass is 1340 g/mol. The number of carbonyl (C=O) groups excluding carboxylic acids is 10. The van der Waals surface area contributed by atoms with Crippen LogP contribution in [-0.2, 0) is 44.8 Å². The van der Waals surface area contributed by atoms with Gasteiger partial charge in [-0.3, -0.25) is 38.5 Å². The van der Waals surface area contributed by atoms with Crippen molar-refractivity contribution in [3.63, 3.8) is 0 Å². The molecule has 3 atom stereocenters. The number of urea groups is 1. The highest BCUT2D eigenvalue weighted by Gasteiger charge is 2.37. The van der Waals surface area contributed by atoms with Crippen molar-refractivity contribution in [2.45, 2.75) is 122 Å². The van der Waals surface area contributed by atoms with Gasteiger partial charge < -0.3 is 81.6 Å². The SMILES string of the molecule is [B]C[C@@H]1CN(C(=O)c2cc3cc(OCCNC(=O)OCc4ccc(NC(=O)C(CCCNC(N)=O)NC(=O)[C@@H](NCCNC(=O)CCC(C)(C)OCCC(C)(C)NC(=O)CCN5C(=O)C=CC5=O)C(C)C)cc4)ccc3[nH]2)c2cc(OC(=O)N3CCN(C)CC3)c3ccccc3c21. The summed E-state index contributed by atoms with van der Waals surface area (Å²) in [5.74, 6) is -2.13. The molecule has 1 unspecified atom stereocenters. The van der Waals surface area contributed by atoms with Gasteiger partial charge in [-0.15, -0.1) is 0 Å². The number of anilines is 2. The fourth-order valence-corrected chi connectivity index (χ4v) is 11.6. The number of hydrogen-bond acceptors (Lipinski definition) is 16. The predicted molar refractivity (Wildman–Crippen MR) is 366 cm³/mol. The first-order chi connectivity index (χ1) is 46.3. The summed E-state index contributed by atoms with van der Waals surface area (Å²) in [6.45, 7) is 15.1. The lowest BCUT2D eigenvalue weighted by atomic mass is 9.85. The van der Waals surface area contributed by atoms with E-state index in [9.17, 15) is 47.9 Å². The fourth-order valence-electron chi connectivity index (χ4n) is 11.6. The van der Waals surface area contributed by atoms with Crippen molar-refractivity contribution in [1.82, 2.24) is 51.6 Å². The van der Waals surface area contributed by atoms with Crippen molar-refractivity contribution in [3.8, 4) is 11.5 Å². The van der Waals surface area contributed by atoms with Gasteiger partial charge in [-0.2, -0.15) is 0 Å². The maximum absolute atomic E-state index is 14.4. The van der Waals surface area contributed by atoms with Gasteiger partial charge in [-0.25, -0.2) is 14.4 Å². The van der Waals surface area contributed by atoms with E-state index in [-0.39, 0.29) is 94.8 Å². The van der Waals surface area contributed by atoms with Crippen molar-refractivity contribution in [1.29, 1.82) is 0 Å². The number of hydrogen-bond donors (Lipinski definition) is 9. The molecule has 8 rings (SSSR count). The number of alkyl carbamates (subject to hydrolysis) is 1. The topological polar surface area (TPSA) is 347 Å². The summed E-state index contributed by atoms with van der Waals surface area (Å²) in [5.41, 5.74) is 7.60. The Labute approximate surface area is 565 Å². The number of nitrogens with one attached hydrogen (secondary N) is 8. The van der Waals surface area contributed by atoms with E-state index in [1.54, 1.807) is 64.4 Å². The van der Waals surface area contributed by atoms with Gasteiger partial charge in [0.05, 0.1) is 31.7 Å². The fraction of sp³-hybridized carbons (Fsp3) is 0.478. The molecule has 10 N–H and O–H groups in total. The van der Waals surface area contributed by atoms with Crippen LogP contribution in [0.25, 0.3) is 21.7 Å². The molecule has 1 saturated heterocycles. The second-order valence-corrected chi connectivity index (χ2v) is 26.1. The Morgan fingerprint density at radius 2 is 1.49 bits per heavy atom. The number of imide groups is 1. The van der Waals surface area contributed by atoms with E-state index in [2.05, 4.69) is 47.1 Å².